The molecule has 4 rings (SSSR count). The molecule has 8 heteroatoms. The number of hydrogen-bond acceptors (Lipinski definition) is 6. The molecular formula is C24H28N2O4S2. The van der Waals surface area contributed by atoms with Crippen molar-refractivity contribution in [2.45, 2.75) is 56.6 Å². The van der Waals surface area contributed by atoms with Gasteiger partial charge in [0.2, 0.25) is 11.8 Å². The van der Waals surface area contributed by atoms with Crippen molar-refractivity contribution in [2.75, 3.05) is 17.7 Å². The second-order valence-electron chi connectivity index (χ2n) is 9.35. The van der Waals surface area contributed by atoms with Gasteiger partial charge in [-0.2, -0.15) is 0 Å². The third-order valence-electron chi connectivity index (χ3n) is 6.21. The van der Waals surface area contributed by atoms with Crippen LogP contribution in [0.3, 0.4) is 0 Å². The molecule has 2 atom stereocenters. The van der Waals surface area contributed by atoms with Crippen molar-refractivity contribution >= 4 is 51.6 Å². The number of ether oxygens (including phenoxy) is 1. The molecule has 2 amide bonds. The third-order valence-corrected chi connectivity index (χ3v) is 8.65. The molecule has 0 bridgehead atoms. The van der Waals surface area contributed by atoms with Gasteiger partial charge in [0.05, 0.1) is 23.6 Å². The van der Waals surface area contributed by atoms with E-state index >= 15 is 0 Å². The van der Waals surface area contributed by atoms with E-state index in [2.05, 4.69) is 31.4 Å². The number of esters is 1. The number of anilines is 2. The molecule has 0 saturated heterocycles. The largest absolute Gasteiger partial charge is 0.465 e. The number of nitrogens with one attached hydrogen (secondary N) is 2. The predicted molar refractivity (Wildman–Crippen MR) is 129 cm³/mol. The SMILES string of the molecule is COC(=O)c1c(NC(=O)C[C@H]2Sc3ccccc3NC2=O)sc2c1CC[C@@H](C(C)(C)C)C2. The molecular weight excluding hydrogens is 444 g/mol. The molecule has 0 radical (unpaired) electrons. The molecule has 2 aromatic rings. The first-order chi connectivity index (χ1) is 15.2. The maximum Gasteiger partial charge on any atom is 0.341 e. The van der Waals surface area contributed by atoms with Gasteiger partial charge in [-0.05, 0) is 48.3 Å². The molecule has 1 aliphatic carbocycles. The fourth-order valence-electron chi connectivity index (χ4n) is 4.30. The zero-order valence-corrected chi connectivity index (χ0v) is 20.4. The van der Waals surface area contributed by atoms with Crippen molar-refractivity contribution in [3.05, 3.63) is 40.3 Å². The Hall–Kier alpha value is -2.32. The zero-order chi connectivity index (χ0) is 23.0. The lowest BCUT2D eigenvalue weighted by Gasteiger charge is -2.33. The number of carbonyl (C=O) groups excluding carboxylic acids is 3. The van der Waals surface area contributed by atoms with Gasteiger partial charge < -0.3 is 15.4 Å². The van der Waals surface area contributed by atoms with Crippen LogP contribution in [0.1, 0.15) is 54.4 Å². The van der Waals surface area contributed by atoms with Crippen LogP contribution >= 0.6 is 23.1 Å². The molecule has 32 heavy (non-hydrogen) atoms. The van der Waals surface area contributed by atoms with E-state index in [0.717, 1.165) is 40.3 Å². The summed E-state index contributed by atoms with van der Waals surface area (Å²) in [5.41, 5.74) is 2.42. The van der Waals surface area contributed by atoms with Crippen LogP contribution in [-0.4, -0.2) is 30.1 Å². The third kappa shape index (κ3) is 4.57. The minimum atomic E-state index is -0.522. The second kappa shape index (κ2) is 8.90. The number of carbonyl (C=O) groups is 3. The van der Waals surface area contributed by atoms with Crippen LogP contribution in [0.25, 0.3) is 0 Å². The van der Waals surface area contributed by atoms with E-state index in [-0.39, 0.29) is 23.7 Å². The lowest BCUT2D eigenvalue weighted by Crippen LogP contribution is -2.32. The van der Waals surface area contributed by atoms with Crippen LogP contribution in [0, 0.1) is 11.3 Å². The number of thiophene rings is 1. The highest BCUT2D eigenvalue weighted by molar-refractivity contribution is 8.01. The van der Waals surface area contributed by atoms with Crippen molar-refractivity contribution in [1.29, 1.82) is 0 Å². The fraction of sp³-hybridized carbons (Fsp3) is 0.458. The maximum atomic E-state index is 12.9. The number of rotatable bonds is 4. The van der Waals surface area contributed by atoms with Gasteiger partial charge in [0.25, 0.3) is 0 Å². The maximum absolute atomic E-state index is 12.9. The molecule has 1 aliphatic heterocycles. The fourth-order valence-corrected chi connectivity index (χ4v) is 6.75. The van der Waals surface area contributed by atoms with Gasteiger partial charge in [0.1, 0.15) is 5.00 Å². The van der Waals surface area contributed by atoms with E-state index in [0.29, 0.717) is 16.5 Å². The van der Waals surface area contributed by atoms with Crippen molar-refractivity contribution in [1.82, 2.24) is 0 Å². The number of benzene rings is 1. The summed E-state index contributed by atoms with van der Waals surface area (Å²) in [6.07, 6.45) is 2.72. The molecule has 1 aromatic carbocycles. The Morgan fingerprint density at radius 1 is 1.25 bits per heavy atom. The van der Waals surface area contributed by atoms with Crippen LogP contribution in [0.2, 0.25) is 0 Å². The normalized spacial score (nSPS) is 20.1. The van der Waals surface area contributed by atoms with Crippen LogP contribution in [-0.2, 0) is 27.2 Å². The molecule has 170 valence electrons. The Labute approximate surface area is 196 Å². The zero-order valence-electron chi connectivity index (χ0n) is 18.7. The minimum absolute atomic E-state index is 0.0264. The average Bonchev–Trinajstić information content (AvgIpc) is 3.09. The van der Waals surface area contributed by atoms with E-state index < -0.39 is 11.2 Å². The Morgan fingerprint density at radius 3 is 2.72 bits per heavy atom. The standard InChI is InChI=1S/C24H28N2O4S2/c1-24(2,3)13-9-10-14-17(11-13)32-22(20(14)23(29)30-4)26-19(27)12-18-21(28)25-15-7-5-6-8-16(15)31-18/h5-8,13,18H,9-12H2,1-4H3,(H,25,28)(H,26,27)/t13-,18-/m1/s1. The first-order valence-corrected chi connectivity index (χ1v) is 12.5. The van der Waals surface area contributed by atoms with Crippen LogP contribution in [0.5, 0.6) is 0 Å². The second-order valence-corrected chi connectivity index (χ2v) is 11.7. The summed E-state index contributed by atoms with van der Waals surface area (Å²) in [6, 6.07) is 7.55. The predicted octanol–water partition coefficient (Wildman–Crippen LogP) is 5.13. The van der Waals surface area contributed by atoms with E-state index in [1.807, 2.05) is 24.3 Å². The molecule has 0 unspecified atom stereocenters. The molecule has 2 aliphatic rings. The molecule has 0 fully saturated rings. The Kier molecular flexibility index (Phi) is 6.36. The highest BCUT2D eigenvalue weighted by atomic mass is 32.2. The van der Waals surface area contributed by atoms with Crippen LogP contribution in [0.4, 0.5) is 10.7 Å². The topological polar surface area (TPSA) is 84.5 Å². The quantitative estimate of drug-likeness (QED) is 0.603. The Balaban J connectivity index is 1.53. The molecule has 2 heterocycles. The summed E-state index contributed by atoms with van der Waals surface area (Å²) in [7, 11) is 1.36. The Morgan fingerprint density at radius 2 is 2.00 bits per heavy atom. The van der Waals surface area contributed by atoms with Gasteiger partial charge >= 0.3 is 5.97 Å². The summed E-state index contributed by atoms with van der Waals surface area (Å²) in [6.45, 7) is 6.72. The molecule has 0 saturated carbocycles. The Bertz CT molecular complexity index is 1070. The van der Waals surface area contributed by atoms with Crippen molar-refractivity contribution in [3.8, 4) is 0 Å². The highest BCUT2D eigenvalue weighted by Gasteiger charge is 2.35. The average molecular weight is 473 g/mol. The van der Waals surface area contributed by atoms with Gasteiger partial charge in [-0.3, -0.25) is 9.59 Å². The first kappa shape index (κ1) is 22.9. The van der Waals surface area contributed by atoms with E-state index in [1.54, 1.807) is 0 Å². The van der Waals surface area contributed by atoms with E-state index in [9.17, 15) is 14.4 Å². The summed E-state index contributed by atoms with van der Waals surface area (Å²) < 4.78 is 5.03. The summed E-state index contributed by atoms with van der Waals surface area (Å²) in [5.74, 6) is -0.375. The number of hydrogen-bond donors (Lipinski definition) is 2. The van der Waals surface area contributed by atoms with E-state index in [1.165, 1.54) is 30.2 Å². The highest BCUT2D eigenvalue weighted by Crippen LogP contribution is 2.44. The number of para-hydroxylation sites is 1. The van der Waals surface area contributed by atoms with Crippen molar-refractivity contribution in [3.63, 3.8) is 0 Å². The van der Waals surface area contributed by atoms with Crippen LogP contribution in [0.15, 0.2) is 29.2 Å². The monoisotopic (exact) mass is 472 g/mol. The van der Waals surface area contributed by atoms with Crippen molar-refractivity contribution in [2.24, 2.45) is 11.3 Å². The van der Waals surface area contributed by atoms with Crippen molar-refractivity contribution < 1.29 is 19.1 Å². The smallest absolute Gasteiger partial charge is 0.341 e. The molecule has 2 N–H and O–H groups in total. The number of amides is 2. The minimum Gasteiger partial charge on any atom is -0.465 e. The molecule has 6 nitrogen and oxygen atoms in total. The lowest BCUT2D eigenvalue weighted by atomic mass is 9.72. The lowest BCUT2D eigenvalue weighted by molar-refractivity contribution is -0.120. The molecule has 1 aromatic heterocycles. The summed E-state index contributed by atoms with van der Waals surface area (Å²) >= 11 is 2.85. The summed E-state index contributed by atoms with van der Waals surface area (Å²) in [4.78, 5) is 40.0. The van der Waals surface area contributed by atoms with E-state index in [4.69, 9.17) is 4.74 Å². The van der Waals surface area contributed by atoms with Gasteiger partial charge in [0.15, 0.2) is 0 Å². The molecule has 0 spiro atoms. The van der Waals surface area contributed by atoms with Gasteiger partial charge in [0, 0.05) is 16.2 Å². The van der Waals surface area contributed by atoms with Gasteiger partial charge in [-0.1, -0.05) is 32.9 Å². The van der Waals surface area contributed by atoms with Gasteiger partial charge in [-0.25, -0.2) is 4.79 Å². The number of methoxy groups -OCH3 is 1. The van der Waals surface area contributed by atoms with Crippen LogP contribution < -0.4 is 10.6 Å². The summed E-state index contributed by atoms with van der Waals surface area (Å²) in [5, 5.41) is 5.79. The number of fused-ring (bicyclic) bond motifs is 2. The first-order valence-electron chi connectivity index (χ1n) is 10.8. The number of thioether (sulfide) groups is 1. The van der Waals surface area contributed by atoms with Gasteiger partial charge in [-0.15, -0.1) is 23.1 Å².